The van der Waals surface area contributed by atoms with Gasteiger partial charge in [-0.05, 0) is 54.1 Å². The Labute approximate surface area is 178 Å². The van der Waals surface area contributed by atoms with E-state index in [2.05, 4.69) is 0 Å². The molecular weight excluding hydrogens is 399 g/mol. The molecule has 5 rings (SSSR count). The van der Waals surface area contributed by atoms with Crippen LogP contribution in [0.5, 0.6) is 0 Å². The zero-order valence-corrected chi connectivity index (χ0v) is 17.0. The fraction of sp³-hybridized carbons (Fsp3) is 0.0833. The lowest BCUT2D eigenvalue weighted by Gasteiger charge is -2.08. The maximum absolute atomic E-state index is 13.3. The fourth-order valence-electron chi connectivity index (χ4n) is 3.64. The van der Waals surface area contributed by atoms with Gasteiger partial charge >= 0.3 is 0 Å². The third kappa shape index (κ3) is 3.37. The standard InChI is InChI=1S/C24H18ClFN4/c1-29-22-5-3-2-4-20(22)28-24(29)21-15-30(19-12-8-17(25)9-13-19)23(27-21)14-16-6-10-18(26)11-7-16/h2-13,15H,14H2,1H3. The number of halogens is 2. The Hall–Kier alpha value is -3.44. The van der Waals surface area contributed by atoms with Crippen molar-refractivity contribution in [2.24, 2.45) is 7.05 Å². The maximum atomic E-state index is 13.3. The second-order valence-corrected chi connectivity index (χ2v) is 7.61. The fourth-order valence-corrected chi connectivity index (χ4v) is 3.76. The van der Waals surface area contributed by atoms with Gasteiger partial charge in [-0.25, -0.2) is 14.4 Å². The lowest BCUT2D eigenvalue weighted by atomic mass is 10.1. The Morgan fingerprint density at radius 1 is 0.900 bits per heavy atom. The molecule has 0 amide bonds. The van der Waals surface area contributed by atoms with E-state index in [1.165, 1.54) is 12.1 Å². The van der Waals surface area contributed by atoms with E-state index in [-0.39, 0.29) is 5.82 Å². The molecule has 0 atom stereocenters. The minimum absolute atomic E-state index is 0.250. The molecule has 3 aromatic carbocycles. The van der Waals surface area contributed by atoms with Crippen LogP contribution >= 0.6 is 11.6 Å². The van der Waals surface area contributed by atoms with E-state index in [0.29, 0.717) is 11.4 Å². The molecule has 0 radical (unpaired) electrons. The van der Waals surface area contributed by atoms with Crippen LogP contribution < -0.4 is 0 Å². The normalized spacial score (nSPS) is 11.3. The van der Waals surface area contributed by atoms with E-state index < -0.39 is 0 Å². The molecule has 0 aliphatic rings. The predicted molar refractivity (Wildman–Crippen MR) is 117 cm³/mol. The van der Waals surface area contributed by atoms with E-state index in [1.54, 1.807) is 12.1 Å². The van der Waals surface area contributed by atoms with E-state index in [4.69, 9.17) is 21.6 Å². The van der Waals surface area contributed by atoms with Gasteiger partial charge in [-0.3, -0.25) is 0 Å². The molecule has 148 valence electrons. The van der Waals surface area contributed by atoms with Crippen LogP contribution in [0.1, 0.15) is 11.4 Å². The lowest BCUT2D eigenvalue weighted by Crippen LogP contribution is -2.01. The van der Waals surface area contributed by atoms with Gasteiger partial charge in [-0.1, -0.05) is 35.9 Å². The van der Waals surface area contributed by atoms with Crippen molar-refractivity contribution in [2.75, 3.05) is 0 Å². The first kappa shape index (κ1) is 18.6. The van der Waals surface area contributed by atoms with Gasteiger partial charge in [0.1, 0.15) is 17.3 Å². The Morgan fingerprint density at radius 3 is 2.37 bits per heavy atom. The van der Waals surface area contributed by atoms with Gasteiger partial charge in [-0.15, -0.1) is 0 Å². The minimum Gasteiger partial charge on any atom is -0.326 e. The molecule has 6 heteroatoms. The zero-order valence-electron chi connectivity index (χ0n) is 16.3. The second kappa shape index (κ2) is 7.43. The SMILES string of the molecule is Cn1c(-c2cn(-c3ccc(Cl)cc3)c(Cc3ccc(F)cc3)n2)nc2ccccc21. The first-order valence-electron chi connectivity index (χ1n) is 9.59. The zero-order chi connectivity index (χ0) is 20.7. The van der Waals surface area contributed by atoms with Crippen LogP contribution in [0.3, 0.4) is 0 Å². The summed E-state index contributed by atoms with van der Waals surface area (Å²) in [7, 11) is 1.99. The Bertz CT molecular complexity index is 1330. The number of aryl methyl sites for hydroxylation is 1. The van der Waals surface area contributed by atoms with Crippen molar-refractivity contribution in [3.8, 4) is 17.2 Å². The number of para-hydroxylation sites is 2. The summed E-state index contributed by atoms with van der Waals surface area (Å²) in [5, 5.41) is 0.675. The van der Waals surface area contributed by atoms with Crippen molar-refractivity contribution >= 4 is 22.6 Å². The summed E-state index contributed by atoms with van der Waals surface area (Å²) in [6.45, 7) is 0. The molecule has 0 saturated heterocycles. The first-order chi connectivity index (χ1) is 14.6. The van der Waals surface area contributed by atoms with Crippen molar-refractivity contribution in [3.05, 3.63) is 101 Å². The van der Waals surface area contributed by atoms with Crippen molar-refractivity contribution in [3.63, 3.8) is 0 Å². The summed E-state index contributed by atoms with van der Waals surface area (Å²) in [5.41, 5.74) is 4.69. The van der Waals surface area contributed by atoms with Crippen LogP contribution in [-0.4, -0.2) is 19.1 Å². The Morgan fingerprint density at radius 2 is 1.63 bits per heavy atom. The monoisotopic (exact) mass is 416 g/mol. The van der Waals surface area contributed by atoms with Gasteiger partial charge in [-0.2, -0.15) is 0 Å². The van der Waals surface area contributed by atoms with Crippen molar-refractivity contribution < 1.29 is 4.39 Å². The molecule has 2 aromatic heterocycles. The molecule has 0 saturated carbocycles. The third-order valence-corrected chi connectivity index (χ3v) is 5.43. The highest BCUT2D eigenvalue weighted by Crippen LogP contribution is 2.26. The summed E-state index contributed by atoms with van der Waals surface area (Å²) in [5.74, 6) is 1.38. The molecular formula is C24H18ClFN4. The van der Waals surface area contributed by atoms with E-state index in [0.717, 1.165) is 39.6 Å². The average molecular weight is 417 g/mol. The highest BCUT2D eigenvalue weighted by molar-refractivity contribution is 6.30. The molecule has 4 nitrogen and oxygen atoms in total. The number of benzene rings is 3. The summed E-state index contributed by atoms with van der Waals surface area (Å²) >= 11 is 6.08. The summed E-state index contributed by atoms with van der Waals surface area (Å²) < 4.78 is 17.4. The van der Waals surface area contributed by atoms with Crippen LogP contribution in [0.25, 0.3) is 28.2 Å². The van der Waals surface area contributed by atoms with Gasteiger partial charge in [0.15, 0.2) is 5.82 Å². The molecule has 2 heterocycles. The number of rotatable bonds is 4. The van der Waals surface area contributed by atoms with Crippen LogP contribution in [0.2, 0.25) is 5.02 Å². The number of fused-ring (bicyclic) bond motifs is 1. The van der Waals surface area contributed by atoms with E-state index >= 15 is 0 Å². The van der Waals surface area contributed by atoms with Crippen LogP contribution in [-0.2, 0) is 13.5 Å². The number of hydrogen-bond donors (Lipinski definition) is 0. The van der Waals surface area contributed by atoms with Crippen LogP contribution in [0.4, 0.5) is 4.39 Å². The number of hydrogen-bond acceptors (Lipinski definition) is 2. The largest absolute Gasteiger partial charge is 0.326 e. The molecule has 0 N–H and O–H groups in total. The molecule has 0 unspecified atom stereocenters. The van der Waals surface area contributed by atoms with Gasteiger partial charge in [0.2, 0.25) is 0 Å². The first-order valence-corrected chi connectivity index (χ1v) is 9.97. The molecule has 0 bridgehead atoms. The number of nitrogens with zero attached hydrogens (tertiary/aromatic N) is 4. The third-order valence-electron chi connectivity index (χ3n) is 5.18. The number of imidazole rings is 2. The highest BCUT2D eigenvalue weighted by atomic mass is 35.5. The summed E-state index contributed by atoms with van der Waals surface area (Å²) in [6.07, 6.45) is 2.55. The smallest absolute Gasteiger partial charge is 0.161 e. The van der Waals surface area contributed by atoms with Crippen molar-refractivity contribution in [1.29, 1.82) is 0 Å². The molecule has 30 heavy (non-hydrogen) atoms. The van der Waals surface area contributed by atoms with Gasteiger partial charge in [0, 0.05) is 30.4 Å². The van der Waals surface area contributed by atoms with Crippen molar-refractivity contribution in [1.82, 2.24) is 19.1 Å². The van der Waals surface area contributed by atoms with Gasteiger partial charge in [0.25, 0.3) is 0 Å². The van der Waals surface area contributed by atoms with Crippen LogP contribution in [0.15, 0.2) is 79.0 Å². The van der Waals surface area contributed by atoms with Gasteiger partial charge in [0.05, 0.1) is 11.0 Å². The predicted octanol–water partition coefficient (Wildman–Crippen LogP) is 5.81. The van der Waals surface area contributed by atoms with E-state index in [1.807, 2.05) is 70.9 Å². The molecule has 0 aliphatic carbocycles. The summed E-state index contributed by atoms with van der Waals surface area (Å²) in [4.78, 5) is 9.69. The molecule has 0 aliphatic heterocycles. The average Bonchev–Trinajstić information content (AvgIpc) is 3.32. The van der Waals surface area contributed by atoms with E-state index in [9.17, 15) is 4.39 Å². The molecule has 5 aromatic rings. The van der Waals surface area contributed by atoms with Crippen molar-refractivity contribution in [2.45, 2.75) is 6.42 Å². The Balaban J connectivity index is 1.64. The van der Waals surface area contributed by atoms with Crippen LogP contribution in [0, 0.1) is 5.82 Å². The molecule has 0 spiro atoms. The second-order valence-electron chi connectivity index (χ2n) is 7.18. The Kier molecular flexibility index (Phi) is 4.60. The minimum atomic E-state index is -0.250. The topological polar surface area (TPSA) is 35.6 Å². The molecule has 0 fully saturated rings. The summed E-state index contributed by atoms with van der Waals surface area (Å²) in [6, 6.07) is 22.1. The quantitative estimate of drug-likeness (QED) is 0.370. The lowest BCUT2D eigenvalue weighted by molar-refractivity contribution is 0.627. The highest BCUT2D eigenvalue weighted by Gasteiger charge is 2.17. The maximum Gasteiger partial charge on any atom is 0.161 e. The van der Waals surface area contributed by atoms with Gasteiger partial charge < -0.3 is 9.13 Å². The number of aromatic nitrogens is 4.